The minimum atomic E-state index is -0.439. The van der Waals surface area contributed by atoms with Crippen molar-refractivity contribution in [2.45, 2.75) is 34.4 Å². The number of fused-ring (bicyclic) bond motifs is 6. The van der Waals surface area contributed by atoms with Crippen molar-refractivity contribution >= 4 is 38.7 Å². The second-order valence-corrected chi connectivity index (χ2v) is 10.4. The number of esters is 1. The van der Waals surface area contributed by atoms with Gasteiger partial charge in [0.05, 0.1) is 36.3 Å². The van der Waals surface area contributed by atoms with Gasteiger partial charge in [-0.3, -0.25) is 0 Å². The Morgan fingerprint density at radius 3 is 1.89 bits per heavy atom. The molecule has 0 radical (unpaired) electrons. The lowest BCUT2D eigenvalue weighted by molar-refractivity contribution is 0.0473. The number of benzene rings is 2. The Morgan fingerprint density at radius 2 is 1.26 bits per heavy atom. The Bertz CT molecular complexity index is 2220. The van der Waals surface area contributed by atoms with Crippen LogP contribution >= 0.6 is 0 Å². The Labute approximate surface area is 263 Å². The summed E-state index contributed by atoms with van der Waals surface area (Å²) in [6.07, 6.45) is 9.33. The molecule has 0 fully saturated rings. The molecule has 6 heterocycles. The lowest BCUT2D eigenvalue weighted by atomic mass is 10.0. The standard InChI is InChI=1S/C17H13FN2O2.C17H11FN2O2.2CH4/c2*18-12-3-1-11(2-4-12)10-20-7-5-13-14-6-8-22-17(21)16(14)19-9-15(13)20;;/h1-5,7,9H,6,8,10H2;1-9H,10H2;2*1H4. The van der Waals surface area contributed by atoms with E-state index in [0.717, 1.165) is 43.9 Å². The lowest BCUT2D eigenvalue weighted by Gasteiger charge is -2.15. The average Bonchev–Trinajstić information content (AvgIpc) is 3.64. The third-order valence-corrected chi connectivity index (χ3v) is 7.72. The summed E-state index contributed by atoms with van der Waals surface area (Å²) < 4.78 is 39.9. The zero-order valence-corrected chi connectivity index (χ0v) is 23.2. The van der Waals surface area contributed by atoms with Crippen molar-refractivity contribution in [2.24, 2.45) is 0 Å². The van der Waals surface area contributed by atoms with Gasteiger partial charge >= 0.3 is 11.6 Å². The summed E-state index contributed by atoms with van der Waals surface area (Å²) >= 11 is 0. The summed E-state index contributed by atoms with van der Waals surface area (Å²) in [5.74, 6) is -0.842. The largest absolute Gasteiger partial charge is 0.461 e. The molecular weight excluding hydrogens is 590 g/mol. The van der Waals surface area contributed by atoms with Crippen LogP contribution in [0.4, 0.5) is 8.78 Å². The number of nitrogens with zero attached hydrogens (tertiary/aromatic N) is 4. The van der Waals surface area contributed by atoms with Crippen LogP contribution in [0.3, 0.4) is 0 Å². The predicted octanol–water partition coefficient (Wildman–Crippen LogP) is 7.54. The van der Waals surface area contributed by atoms with Gasteiger partial charge in [0.15, 0.2) is 11.2 Å². The molecule has 0 atom stereocenters. The molecule has 0 aliphatic carbocycles. The molecular formula is C36H32F2N4O4. The fourth-order valence-corrected chi connectivity index (χ4v) is 5.54. The van der Waals surface area contributed by atoms with Gasteiger partial charge < -0.3 is 18.3 Å². The van der Waals surface area contributed by atoms with Gasteiger partial charge in [-0.25, -0.2) is 28.3 Å². The van der Waals surface area contributed by atoms with E-state index in [4.69, 9.17) is 9.15 Å². The topological polar surface area (TPSA) is 92.2 Å². The van der Waals surface area contributed by atoms with Crippen LogP contribution < -0.4 is 5.63 Å². The predicted molar refractivity (Wildman–Crippen MR) is 174 cm³/mol. The molecule has 0 saturated heterocycles. The molecule has 0 amide bonds. The Hall–Kier alpha value is -5.64. The van der Waals surface area contributed by atoms with Gasteiger partial charge in [0.25, 0.3) is 0 Å². The van der Waals surface area contributed by atoms with Crippen LogP contribution in [0, 0.1) is 11.6 Å². The molecule has 8 nitrogen and oxygen atoms in total. The van der Waals surface area contributed by atoms with Crippen LogP contribution in [0.2, 0.25) is 0 Å². The molecule has 1 aliphatic heterocycles. The van der Waals surface area contributed by atoms with E-state index < -0.39 is 5.63 Å². The average molecular weight is 623 g/mol. The smallest absolute Gasteiger partial charge is 0.362 e. The third kappa shape index (κ3) is 6.01. The maximum atomic E-state index is 13.0. The minimum Gasteiger partial charge on any atom is -0.461 e. The minimum absolute atomic E-state index is 0. The van der Waals surface area contributed by atoms with Crippen molar-refractivity contribution in [3.63, 3.8) is 0 Å². The first-order valence-electron chi connectivity index (χ1n) is 13.9. The van der Waals surface area contributed by atoms with Crippen LogP contribution in [0.25, 0.3) is 32.7 Å². The van der Waals surface area contributed by atoms with Crippen molar-refractivity contribution < 1.29 is 22.7 Å². The number of halogens is 2. The zero-order valence-electron chi connectivity index (χ0n) is 23.2. The van der Waals surface area contributed by atoms with Crippen molar-refractivity contribution in [1.29, 1.82) is 0 Å². The van der Waals surface area contributed by atoms with Crippen LogP contribution in [-0.4, -0.2) is 31.7 Å². The molecule has 1 aliphatic rings. The van der Waals surface area contributed by atoms with E-state index in [0.29, 0.717) is 37.3 Å². The van der Waals surface area contributed by atoms with Gasteiger partial charge in [-0.05, 0) is 59.2 Å². The van der Waals surface area contributed by atoms with Crippen LogP contribution in [0.5, 0.6) is 0 Å². The highest BCUT2D eigenvalue weighted by Crippen LogP contribution is 2.27. The number of carbonyl (C=O) groups is 1. The maximum absolute atomic E-state index is 13.0. The molecule has 46 heavy (non-hydrogen) atoms. The number of carbonyl (C=O) groups excluding carboxylic acids is 1. The second kappa shape index (κ2) is 13.2. The van der Waals surface area contributed by atoms with Crippen molar-refractivity contribution in [3.05, 3.63) is 142 Å². The van der Waals surface area contributed by atoms with Gasteiger partial charge in [0, 0.05) is 48.1 Å². The van der Waals surface area contributed by atoms with Gasteiger partial charge in [0.2, 0.25) is 0 Å². The molecule has 0 bridgehead atoms. The Morgan fingerprint density at radius 1 is 0.696 bits per heavy atom. The van der Waals surface area contributed by atoms with E-state index in [-0.39, 0.29) is 32.5 Å². The van der Waals surface area contributed by atoms with Crippen LogP contribution in [0.1, 0.15) is 42.0 Å². The first-order valence-corrected chi connectivity index (χ1v) is 13.9. The molecule has 5 aromatic heterocycles. The first kappa shape index (κ1) is 31.8. The van der Waals surface area contributed by atoms with Crippen molar-refractivity contribution in [2.75, 3.05) is 6.61 Å². The number of ether oxygens (including phenoxy) is 1. The summed E-state index contributed by atoms with van der Waals surface area (Å²) in [5.41, 5.74) is 5.15. The monoisotopic (exact) mass is 622 g/mol. The molecule has 0 N–H and O–H groups in total. The van der Waals surface area contributed by atoms with E-state index >= 15 is 0 Å². The molecule has 10 heteroatoms. The van der Waals surface area contributed by atoms with Crippen molar-refractivity contribution in [1.82, 2.24) is 19.1 Å². The molecule has 0 unspecified atom stereocenters. The molecule has 234 valence electrons. The second-order valence-electron chi connectivity index (χ2n) is 10.4. The van der Waals surface area contributed by atoms with Crippen LogP contribution in [0.15, 0.2) is 107 Å². The van der Waals surface area contributed by atoms with Crippen molar-refractivity contribution in [3.8, 4) is 0 Å². The fraction of sp³-hybridized carbons (Fsp3) is 0.167. The number of hydrogen-bond donors (Lipinski definition) is 0. The molecule has 2 aromatic carbocycles. The first-order chi connectivity index (χ1) is 21.4. The third-order valence-electron chi connectivity index (χ3n) is 7.72. The Balaban J connectivity index is 0.000000174. The van der Waals surface area contributed by atoms with E-state index in [2.05, 4.69) is 14.5 Å². The molecule has 8 rings (SSSR count). The number of aromatic nitrogens is 4. The fourth-order valence-electron chi connectivity index (χ4n) is 5.54. The highest BCUT2D eigenvalue weighted by molar-refractivity contribution is 6.04. The van der Waals surface area contributed by atoms with Gasteiger partial charge in [-0.15, -0.1) is 0 Å². The highest BCUT2D eigenvalue weighted by atomic mass is 19.1. The van der Waals surface area contributed by atoms with Gasteiger partial charge in [0.1, 0.15) is 11.6 Å². The summed E-state index contributed by atoms with van der Waals surface area (Å²) in [6, 6.07) is 18.5. The summed E-state index contributed by atoms with van der Waals surface area (Å²) in [4.78, 5) is 31.9. The SMILES string of the molecule is C.C.O=C1OCCc2c1ncc1c2ccn1Cc1ccc(F)cc1.O=c1occc2c1ncc1c2ccn1Cc1ccc(F)cc1. The number of cyclic esters (lactones) is 1. The quantitative estimate of drug-likeness (QED) is 0.188. The summed E-state index contributed by atoms with van der Waals surface area (Å²) in [6.45, 7) is 1.64. The summed E-state index contributed by atoms with van der Waals surface area (Å²) in [5, 5.41) is 2.75. The Kier molecular flexibility index (Phi) is 9.08. The highest BCUT2D eigenvalue weighted by Gasteiger charge is 2.23. The van der Waals surface area contributed by atoms with Gasteiger partial charge in [-0.1, -0.05) is 39.1 Å². The molecule has 0 saturated carbocycles. The maximum Gasteiger partial charge on any atom is 0.362 e. The number of pyridine rings is 2. The molecule has 7 aromatic rings. The van der Waals surface area contributed by atoms with E-state index in [9.17, 15) is 18.4 Å². The van der Waals surface area contributed by atoms with E-state index in [1.807, 2.05) is 29.1 Å². The zero-order chi connectivity index (χ0) is 30.2. The lowest BCUT2D eigenvalue weighted by Crippen LogP contribution is -2.19. The molecule has 0 spiro atoms. The number of rotatable bonds is 4. The van der Waals surface area contributed by atoms with E-state index in [1.54, 1.807) is 42.7 Å². The van der Waals surface area contributed by atoms with Gasteiger partial charge in [-0.2, -0.15) is 0 Å². The number of hydrogen-bond acceptors (Lipinski definition) is 6. The van der Waals surface area contributed by atoms with Crippen LogP contribution in [-0.2, 0) is 24.2 Å². The normalized spacial score (nSPS) is 12.1. The summed E-state index contributed by atoms with van der Waals surface area (Å²) in [7, 11) is 0. The van der Waals surface area contributed by atoms with E-state index in [1.165, 1.54) is 30.5 Å².